The second-order valence-electron chi connectivity index (χ2n) is 6.13. The molecule has 1 amide bonds. The number of aryl methyl sites for hydroxylation is 2. The number of carbonyl (C=O) groups excluding carboxylic acids is 1. The van der Waals surface area contributed by atoms with E-state index in [0.717, 1.165) is 30.5 Å². The molecule has 0 fully saturated rings. The van der Waals surface area contributed by atoms with Gasteiger partial charge < -0.3 is 11.1 Å². The van der Waals surface area contributed by atoms with E-state index in [1.807, 2.05) is 18.2 Å². The molecule has 3 rings (SSSR count). The Kier molecular flexibility index (Phi) is 5.64. The Labute approximate surface area is 152 Å². The molecule has 132 valence electrons. The van der Waals surface area contributed by atoms with E-state index in [9.17, 15) is 14.9 Å². The number of nitrogens with two attached hydrogens (primary N) is 1. The fourth-order valence-corrected chi connectivity index (χ4v) is 3.23. The molecule has 0 spiro atoms. The van der Waals surface area contributed by atoms with Gasteiger partial charge in [-0.15, -0.1) is 12.4 Å². The standard InChI is InChI=1S/C18H19N3O3.ClH/c1-11-9-13(5-8-17(11)21(23)24)18(22)20-16-4-2-3-12-10-14(19)6-7-15(12)16;/h5-10,16H,2-4,19H2,1H3,(H,20,22);1H. The smallest absolute Gasteiger partial charge is 0.272 e. The summed E-state index contributed by atoms with van der Waals surface area (Å²) in [6, 6.07) is 10.1. The van der Waals surface area contributed by atoms with Crippen molar-refractivity contribution in [1.82, 2.24) is 5.32 Å². The van der Waals surface area contributed by atoms with Crippen molar-refractivity contribution in [2.24, 2.45) is 0 Å². The number of benzene rings is 2. The van der Waals surface area contributed by atoms with E-state index in [0.29, 0.717) is 11.1 Å². The predicted octanol–water partition coefficient (Wildman–Crippen LogP) is 3.71. The molecule has 1 aliphatic carbocycles. The number of nitrogen functional groups attached to an aromatic ring is 1. The first-order chi connectivity index (χ1) is 11.5. The average Bonchev–Trinajstić information content (AvgIpc) is 2.54. The quantitative estimate of drug-likeness (QED) is 0.494. The summed E-state index contributed by atoms with van der Waals surface area (Å²) < 4.78 is 0. The number of nitrogens with zero attached hydrogens (tertiary/aromatic N) is 1. The molecular formula is C18H20ClN3O3. The number of hydrogen-bond acceptors (Lipinski definition) is 4. The van der Waals surface area contributed by atoms with Gasteiger partial charge in [0.15, 0.2) is 0 Å². The summed E-state index contributed by atoms with van der Waals surface area (Å²) >= 11 is 0. The normalized spacial score (nSPS) is 15.6. The third kappa shape index (κ3) is 3.91. The van der Waals surface area contributed by atoms with Gasteiger partial charge in [0.2, 0.25) is 0 Å². The highest BCUT2D eigenvalue weighted by atomic mass is 35.5. The van der Waals surface area contributed by atoms with E-state index in [4.69, 9.17) is 5.73 Å². The second kappa shape index (κ2) is 7.53. The van der Waals surface area contributed by atoms with Crippen molar-refractivity contribution >= 4 is 29.7 Å². The topological polar surface area (TPSA) is 98.3 Å². The summed E-state index contributed by atoms with van der Waals surface area (Å²) in [7, 11) is 0. The van der Waals surface area contributed by atoms with Crippen LogP contribution in [0.4, 0.5) is 11.4 Å². The SMILES string of the molecule is Cc1cc(C(=O)NC2CCCc3cc(N)ccc32)ccc1[N+](=O)[O-].Cl. The summed E-state index contributed by atoms with van der Waals surface area (Å²) in [6.07, 6.45) is 2.82. The van der Waals surface area contributed by atoms with Crippen LogP contribution in [0.3, 0.4) is 0 Å². The lowest BCUT2D eigenvalue weighted by atomic mass is 9.87. The second-order valence-corrected chi connectivity index (χ2v) is 6.13. The molecule has 1 aliphatic rings. The number of nitro benzene ring substituents is 1. The van der Waals surface area contributed by atoms with Crippen LogP contribution in [0.25, 0.3) is 0 Å². The van der Waals surface area contributed by atoms with E-state index >= 15 is 0 Å². The highest BCUT2D eigenvalue weighted by Gasteiger charge is 2.23. The van der Waals surface area contributed by atoms with Crippen LogP contribution in [0.1, 0.15) is 45.9 Å². The Bertz CT molecular complexity index is 823. The molecule has 0 aromatic heterocycles. The van der Waals surface area contributed by atoms with E-state index in [-0.39, 0.29) is 30.0 Å². The summed E-state index contributed by atoms with van der Waals surface area (Å²) in [5.41, 5.74) is 9.76. The van der Waals surface area contributed by atoms with Crippen molar-refractivity contribution in [2.45, 2.75) is 32.2 Å². The van der Waals surface area contributed by atoms with Gasteiger partial charge in [0, 0.05) is 22.9 Å². The molecule has 25 heavy (non-hydrogen) atoms. The van der Waals surface area contributed by atoms with Gasteiger partial charge in [0.05, 0.1) is 11.0 Å². The van der Waals surface area contributed by atoms with E-state index in [2.05, 4.69) is 5.32 Å². The number of hydrogen-bond donors (Lipinski definition) is 2. The molecule has 0 saturated heterocycles. The maximum atomic E-state index is 12.5. The van der Waals surface area contributed by atoms with E-state index < -0.39 is 4.92 Å². The Morgan fingerprint density at radius 3 is 2.72 bits per heavy atom. The monoisotopic (exact) mass is 361 g/mol. The molecule has 6 nitrogen and oxygen atoms in total. The molecular weight excluding hydrogens is 342 g/mol. The zero-order chi connectivity index (χ0) is 17.3. The molecule has 3 N–H and O–H groups in total. The predicted molar refractivity (Wildman–Crippen MR) is 99.1 cm³/mol. The largest absolute Gasteiger partial charge is 0.399 e. The molecule has 0 aliphatic heterocycles. The molecule has 0 saturated carbocycles. The molecule has 0 radical (unpaired) electrons. The zero-order valence-electron chi connectivity index (χ0n) is 13.8. The van der Waals surface area contributed by atoms with Crippen LogP contribution < -0.4 is 11.1 Å². The highest BCUT2D eigenvalue weighted by Crippen LogP contribution is 2.31. The van der Waals surface area contributed by atoms with Crippen molar-refractivity contribution < 1.29 is 9.72 Å². The zero-order valence-corrected chi connectivity index (χ0v) is 14.6. The van der Waals surface area contributed by atoms with E-state index in [1.54, 1.807) is 13.0 Å². The lowest BCUT2D eigenvalue weighted by molar-refractivity contribution is -0.385. The Morgan fingerprint density at radius 1 is 1.28 bits per heavy atom. The molecule has 2 aromatic rings. The first-order valence-electron chi connectivity index (χ1n) is 7.90. The van der Waals surface area contributed by atoms with Gasteiger partial charge in [0.25, 0.3) is 11.6 Å². The van der Waals surface area contributed by atoms with Crippen LogP contribution in [0.5, 0.6) is 0 Å². The van der Waals surface area contributed by atoms with Crippen molar-refractivity contribution in [3.8, 4) is 0 Å². The van der Waals surface area contributed by atoms with Gasteiger partial charge in [-0.25, -0.2) is 0 Å². The number of rotatable bonds is 3. The lowest BCUT2D eigenvalue weighted by Crippen LogP contribution is -2.31. The minimum atomic E-state index is -0.446. The first-order valence-corrected chi connectivity index (χ1v) is 7.90. The minimum absolute atomic E-state index is 0. The first kappa shape index (κ1) is 18.7. The summed E-state index contributed by atoms with van der Waals surface area (Å²) in [5.74, 6) is -0.220. The fraction of sp³-hybridized carbons (Fsp3) is 0.278. The van der Waals surface area contributed by atoms with Gasteiger partial charge >= 0.3 is 0 Å². The third-order valence-electron chi connectivity index (χ3n) is 4.44. The maximum absolute atomic E-state index is 12.5. The number of nitrogens with one attached hydrogen (secondary N) is 1. The van der Waals surface area contributed by atoms with Gasteiger partial charge in [-0.05, 0) is 61.6 Å². The van der Waals surface area contributed by atoms with Crippen LogP contribution in [-0.4, -0.2) is 10.8 Å². The number of fused-ring (bicyclic) bond motifs is 1. The molecule has 2 aromatic carbocycles. The molecule has 1 atom stereocenters. The van der Waals surface area contributed by atoms with Crippen LogP contribution in [0, 0.1) is 17.0 Å². The summed E-state index contributed by atoms with van der Waals surface area (Å²) in [4.78, 5) is 23.0. The number of amides is 1. The summed E-state index contributed by atoms with van der Waals surface area (Å²) in [6.45, 7) is 1.63. The molecule has 1 unspecified atom stereocenters. The molecule has 0 bridgehead atoms. The minimum Gasteiger partial charge on any atom is -0.399 e. The highest BCUT2D eigenvalue weighted by molar-refractivity contribution is 5.95. The Hall–Kier alpha value is -2.60. The number of nitro groups is 1. The molecule has 7 heteroatoms. The van der Waals surface area contributed by atoms with Crippen molar-refractivity contribution in [1.29, 1.82) is 0 Å². The summed E-state index contributed by atoms with van der Waals surface area (Å²) in [5, 5.41) is 13.9. The third-order valence-corrected chi connectivity index (χ3v) is 4.44. The van der Waals surface area contributed by atoms with Crippen LogP contribution in [0.2, 0.25) is 0 Å². The van der Waals surface area contributed by atoms with Crippen LogP contribution >= 0.6 is 12.4 Å². The van der Waals surface area contributed by atoms with Gasteiger partial charge in [-0.3, -0.25) is 14.9 Å². The molecule has 0 heterocycles. The van der Waals surface area contributed by atoms with Crippen molar-refractivity contribution in [3.05, 3.63) is 68.8 Å². The van der Waals surface area contributed by atoms with Crippen LogP contribution in [0.15, 0.2) is 36.4 Å². The van der Waals surface area contributed by atoms with Gasteiger partial charge in [0.1, 0.15) is 0 Å². The van der Waals surface area contributed by atoms with Crippen LogP contribution in [-0.2, 0) is 6.42 Å². The van der Waals surface area contributed by atoms with Crippen molar-refractivity contribution in [2.75, 3.05) is 5.73 Å². The fourth-order valence-electron chi connectivity index (χ4n) is 3.23. The van der Waals surface area contributed by atoms with Gasteiger partial charge in [-0.1, -0.05) is 6.07 Å². The number of halogens is 1. The van der Waals surface area contributed by atoms with E-state index in [1.165, 1.54) is 17.7 Å². The number of anilines is 1. The Morgan fingerprint density at radius 2 is 2.04 bits per heavy atom. The van der Waals surface area contributed by atoms with Crippen molar-refractivity contribution in [3.63, 3.8) is 0 Å². The lowest BCUT2D eigenvalue weighted by Gasteiger charge is -2.26. The number of carbonyl (C=O) groups is 1. The average molecular weight is 362 g/mol. The van der Waals surface area contributed by atoms with Gasteiger partial charge in [-0.2, -0.15) is 0 Å². The maximum Gasteiger partial charge on any atom is 0.272 e. The Balaban J connectivity index is 0.00000225.